The van der Waals surface area contributed by atoms with E-state index in [4.69, 9.17) is 18.6 Å². The fourth-order valence-electron chi connectivity index (χ4n) is 7.03. The van der Waals surface area contributed by atoms with E-state index in [1.165, 1.54) is 13.4 Å². The van der Waals surface area contributed by atoms with Crippen LogP contribution in [0.1, 0.15) is 74.2 Å². The number of benzene rings is 2. The molecule has 4 bridgehead atoms. The number of aliphatic hydroxyl groups is 1. The molecular formula is C36H39N5O8. The third-order valence-corrected chi connectivity index (χ3v) is 9.59. The van der Waals surface area contributed by atoms with Gasteiger partial charge in [0, 0.05) is 23.6 Å². The first-order chi connectivity index (χ1) is 23.5. The van der Waals surface area contributed by atoms with Crippen molar-refractivity contribution >= 4 is 23.5 Å². The number of aromatic nitrogens is 2. The summed E-state index contributed by atoms with van der Waals surface area (Å²) in [4.78, 5) is 48.6. The summed E-state index contributed by atoms with van der Waals surface area (Å²) < 4.78 is 24.1. The standard InChI is InChI=1S/C36H39N5O8/c1-17(2)27-33-41-28(32-38-21(16-47-32)15-37-35(45)46-5)30(49-33)36-22-8-6-7-9-24(22)39-34(36)48-26-11-10-19(13-23(26)36)12-20(31(44)40-27)14-25(42)29(43)18(3)4/h6-11,13,16-18,20,27,29,34,39,43H,12,14-15H2,1-5H3,(H,37,45)(H,40,44)/t20-,27+,29+,34+,36?/m1/s1. The lowest BCUT2D eigenvalue weighted by Gasteiger charge is -2.28. The lowest BCUT2D eigenvalue weighted by atomic mass is 9.72. The van der Waals surface area contributed by atoms with E-state index in [2.05, 4.69) is 25.7 Å². The van der Waals surface area contributed by atoms with E-state index in [0.717, 1.165) is 22.4 Å². The number of nitrogens with one attached hydrogen (secondary N) is 3. The molecule has 13 nitrogen and oxygen atoms in total. The van der Waals surface area contributed by atoms with Crippen molar-refractivity contribution in [3.05, 3.63) is 82.8 Å². The number of oxazole rings is 2. The van der Waals surface area contributed by atoms with Gasteiger partial charge >= 0.3 is 6.09 Å². The number of hydrogen-bond acceptors (Lipinski definition) is 11. The fourth-order valence-corrected chi connectivity index (χ4v) is 7.03. The van der Waals surface area contributed by atoms with Crippen LogP contribution in [0, 0.1) is 17.8 Å². The highest BCUT2D eigenvalue weighted by atomic mass is 16.5. The van der Waals surface area contributed by atoms with Gasteiger partial charge in [0.1, 0.15) is 29.6 Å². The number of fused-ring (bicyclic) bond motifs is 4. The second kappa shape index (κ2) is 12.4. The van der Waals surface area contributed by atoms with Crippen LogP contribution in [0.5, 0.6) is 5.75 Å². The van der Waals surface area contributed by atoms with Gasteiger partial charge in [0.25, 0.3) is 0 Å². The van der Waals surface area contributed by atoms with E-state index in [9.17, 15) is 19.5 Å². The van der Waals surface area contributed by atoms with Crippen molar-refractivity contribution in [3.63, 3.8) is 0 Å². The Balaban J connectivity index is 1.43. The summed E-state index contributed by atoms with van der Waals surface area (Å²) >= 11 is 0. The maximum atomic E-state index is 14.1. The minimum Gasteiger partial charge on any atom is -0.469 e. The number of ether oxygens (including phenoxy) is 2. The number of rotatable bonds is 8. The Morgan fingerprint density at radius 1 is 1.10 bits per heavy atom. The molecule has 0 fully saturated rings. The minimum absolute atomic E-state index is 0.0555. The number of carbonyl (C=O) groups excluding carboxylic acids is 3. The number of ketones is 1. The third-order valence-electron chi connectivity index (χ3n) is 9.59. The lowest BCUT2D eigenvalue weighted by Crippen LogP contribution is -2.41. The summed E-state index contributed by atoms with van der Waals surface area (Å²) in [6.07, 6.45) is -0.870. The summed E-state index contributed by atoms with van der Waals surface area (Å²) in [5, 5.41) is 19.8. The number of nitrogens with zero attached hydrogens (tertiary/aromatic N) is 2. The van der Waals surface area contributed by atoms with Crippen molar-refractivity contribution in [2.75, 3.05) is 12.4 Å². The van der Waals surface area contributed by atoms with E-state index in [-0.39, 0.29) is 54.7 Å². The molecule has 0 saturated heterocycles. The van der Waals surface area contributed by atoms with Crippen LogP contribution in [0.25, 0.3) is 11.6 Å². The Morgan fingerprint density at radius 2 is 1.90 bits per heavy atom. The molecule has 4 N–H and O–H groups in total. The molecule has 4 aromatic rings. The maximum absolute atomic E-state index is 14.1. The highest BCUT2D eigenvalue weighted by molar-refractivity contribution is 5.89. The first-order valence-corrected chi connectivity index (χ1v) is 16.5. The topological polar surface area (TPSA) is 178 Å². The van der Waals surface area contributed by atoms with Crippen LogP contribution in [-0.4, -0.2) is 52.3 Å². The number of para-hydroxylation sites is 1. The van der Waals surface area contributed by atoms with E-state index in [0.29, 0.717) is 22.9 Å². The van der Waals surface area contributed by atoms with Gasteiger partial charge in [-0.3, -0.25) is 9.59 Å². The molecule has 3 aliphatic rings. The third kappa shape index (κ3) is 5.41. The van der Waals surface area contributed by atoms with Gasteiger partial charge in [0.2, 0.25) is 17.7 Å². The zero-order valence-corrected chi connectivity index (χ0v) is 27.9. The molecule has 2 amide bonds. The van der Waals surface area contributed by atoms with E-state index in [1.54, 1.807) is 13.8 Å². The molecule has 0 radical (unpaired) electrons. The second-order valence-electron chi connectivity index (χ2n) is 13.5. The van der Waals surface area contributed by atoms with Crippen LogP contribution in [0.3, 0.4) is 0 Å². The largest absolute Gasteiger partial charge is 0.469 e. The van der Waals surface area contributed by atoms with Gasteiger partial charge in [-0.05, 0) is 41.5 Å². The Labute approximate surface area is 282 Å². The van der Waals surface area contributed by atoms with E-state index in [1.807, 2.05) is 56.3 Å². The number of aliphatic hydroxyl groups excluding tert-OH is 1. The van der Waals surface area contributed by atoms with Crippen molar-refractivity contribution in [1.29, 1.82) is 0 Å². The van der Waals surface area contributed by atoms with Crippen LogP contribution in [0.4, 0.5) is 10.5 Å². The molecule has 5 atom stereocenters. The van der Waals surface area contributed by atoms with Gasteiger partial charge in [-0.15, -0.1) is 0 Å². The Bertz CT molecular complexity index is 1930. The molecule has 0 aliphatic carbocycles. The molecule has 1 spiro atoms. The molecule has 49 heavy (non-hydrogen) atoms. The summed E-state index contributed by atoms with van der Waals surface area (Å²) in [5.41, 5.74) is 3.06. The van der Waals surface area contributed by atoms with Crippen LogP contribution < -0.4 is 20.7 Å². The van der Waals surface area contributed by atoms with Crippen molar-refractivity contribution < 1.29 is 37.8 Å². The summed E-state index contributed by atoms with van der Waals surface area (Å²) in [7, 11) is 1.28. The summed E-state index contributed by atoms with van der Waals surface area (Å²) in [5.74, 6) is -0.543. The van der Waals surface area contributed by atoms with Gasteiger partial charge in [-0.1, -0.05) is 58.0 Å². The second-order valence-corrected chi connectivity index (χ2v) is 13.5. The Morgan fingerprint density at radius 3 is 2.65 bits per heavy atom. The number of alkyl carbamates (subject to hydrolysis) is 1. The molecule has 0 saturated carbocycles. The van der Waals surface area contributed by atoms with Gasteiger partial charge in [0.05, 0.1) is 19.3 Å². The quantitative estimate of drug-likeness (QED) is 0.206. The van der Waals surface area contributed by atoms with Crippen LogP contribution in [0.15, 0.2) is 57.6 Å². The first kappa shape index (κ1) is 32.4. The van der Waals surface area contributed by atoms with Crippen LogP contribution in [-0.2, 0) is 32.7 Å². The van der Waals surface area contributed by atoms with E-state index < -0.39 is 35.8 Å². The molecule has 13 heteroatoms. The number of methoxy groups -OCH3 is 1. The lowest BCUT2D eigenvalue weighted by molar-refractivity contribution is -0.135. The first-order valence-electron chi connectivity index (χ1n) is 16.5. The summed E-state index contributed by atoms with van der Waals surface area (Å²) in [6.45, 7) is 7.48. The average molecular weight is 670 g/mol. The molecule has 256 valence electrons. The number of amides is 2. The molecule has 3 aliphatic heterocycles. The van der Waals surface area contributed by atoms with Gasteiger partial charge in [-0.25, -0.2) is 14.8 Å². The highest BCUT2D eigenvalue weighted by Crippen LogP contribution is 2.59. The van der Waals surface area contributed by atoms with Crippen LogP contribution >= 0.6 is 0 Å². The zero-order valence-electron chi connectivity index (χ0n) is 27.9. The number of carbonyl (C=O) groups is 3. The van der Waals surface area contributed by atoms with E-state index >= 15 is 0 Å². The Kier molecular flexibility index (Phi) is 8.18. The predicted octanol–water partition coefficient (Wildman–Crippen LogP) is 4.63. The minimum atomic E-state index is -1.18. The van der Waals surface area contributed by atoms with Crippen molar-refractivity contribution in [3.8, 4) is 17.3 Å². The molecule has 1 unspecified atom stereocenters. The van der Waals surface area contributed by atoms with Gasteiger partial charge in [0.15, 0.2) is 23.5 Å². The van der Waals surface area contributed by atoms with Gasteiger partial charge in [-0.2, -0.15) is 0 Å². The number of Topliss-reactive ketones (excluding diaryl/α,β-unsaturated/α-hetero) is 1. The molecular weight excluding hydrogens is 630 g/mol. The zero-order chi connectivity index (χ0) is 34.6. The van der Waals surface area contributed by atoms with Gasteiger partial charge < -0.3 is 39.4 Å². The maximum Gasteiger partial charge on any atom is 0.407 e. The Hall–Kier alpha value is -5.17. The smallest absolute Gasteiger partial charge is 0.407 e. The van der Waals surface area contributed by atoms with Crippen molar-refractivity contribution in [1.82, 2.24) is 20.6 Å². The molecule has 7 rings (SSSR count). The SMILES string of the molecule is COC(=O)NCc1coc(-c2nc3oc2C24c5ccccc5N[C@H]2Oc2ccc(cc24)C[C@H](CC(=O)[C@@H](O)C(C)C)C(=O)N[C@H]3C(C)C)n1. The fraction of sp³-hybridized carbons (Fsp3) is 0.417. The average Bonchev–Trinajstić information content (AvgIpc) is 3.86. The highest BCUT2D eigenvalue weighted by Gasteiger charge is 2.61. The molecule has 5 heterocycles. The number of hydrogen-bond donors (Lipinski definition) is 4. The summed E-state index contributed by atoms with van der Waals surface area (Å²) in [6, 6.07) is 13.0. The molecule has 2 aromatic heterocycles. The predicted molar refractivity (Wildman–Crippen MR) is 175 cm³/mol. The van der Waals surface area contributed by atoms with Crippen molar-refractivity contribution in [2.45, 2.75) is 70.9 Å². The van der Waals surface area contributed by atoms with Crippen molar-refractivity contribution in [2.24, 2.45) is 17.8 Å². The number of anilines is 1. The monoisotopic (exact) mass is 669 g/mol. The molecule has 2 aromatic carbocycles. The van der Waals surface area contributed by atoms with Crippen LogP contribution in [0.2, 0.25) is 0 Å². The normalized spacial score (nSPS) is 22.6.